The number of fused-ring (bicyclic) bond motifs is 1. The number of carbonyl (C=O) groups is 3. The second-order valence-corrected chi connectivity index (χ2v) is 9.90. The van der Waals surface area contributed by atoms with E-state index in [-0.39, 0.29) is 18.1 Å². The molecule has 4 rings (SSSR count). The minimum absolute atomic E-state index is 0.0529. The zero-order valence-electron chi connectivity index (χ0n) is 20.3. The number of carbonyl (C=O) groups excluding carboxylic acids is 1. The number of rotatable bonds is 4. The van der Waals surface area contributed by atoms with Crippen molar-refractivity contribution in [3.63, 3.8) is 0 Å². The molecule has 216 valence electrons. The van der Waals surface area contributed by atoms with Crippen LogP contribution in [0.5, 0.6) is 0 Å². The van der Waals surface area contributed by atoms with Crippen LogP contribution < -0.4 is 5.32 Å². The number of thiophene rings is 1. The van der Waals surface area contributed by atoms with Crippen molar-refractivity contribution in [2.24, 2.45) is 5.92 Å². The molecular formula is C23H25F6N3O6S. The molecule has 4 heterocycles. The molecule has 0 aromatic carbocycles. The number of aryl methyl sites for hydroxylation is 1. The van der Waals surface area contributed by atoms with Crippen molar-refractivity contribution >= 4 is 34.9 Å². The third-order valence-corrected chi connectivity index (χ3v) is 6.50. The van der Waals surface area contributed by atoms with Crippen LogP contribution in [-0.4, -0.2) is 75.6 Å². The summed E-state index contributed by atoms with van der Waals surface area (Å²) < 4.78 is 69.6. The molecule has 3 atom stereocenters. The lowest BCUT2D eigenvalue weighted by molar-refractivity contribution is -0.193. The molecule has 2 aliphatic rings. The average Bonchev–Trinajstić information content (AvgIpc) is 3.45. The summed E-state index contributed by atoms with van der Waals surface area (Å²) in [6.07, 6.45) is -5.07. The van der Waals surface area contributed by atoms with E-state index in [0.717, 1.165) is 38.2 Å². The van der Waals surface area contributed by atoms with Crippen LogP contribution in [0.1, 0.15) is 22.6 Å². The van der Waals surface area contributed by atoms with Gasteiger partial charge in [0.05, 0.1) is 18.0 Å². The summed E-state index contributed by atoms with van der Waals surface area (Å²) in [4.78, 5) is 39.5. The Labute approximate surface area is 222 Å². The number of amides is 1. The van der Waals surface area contributed by atoms with Gasteiger partial charge in [-0.1, -0.05) is 0 Å². The van der Waals surface area contributed by atoms with E-state index >= 15 is 0 Å². The standard InChI is InChI=1S/C19H23N3O2S.2C2HF3O2/c1-13-4-5-16(25-13)11-22-8-6-14-9-17(24-18(14)12-22)19(23)21-15-3-2-7-20-10-15;2*3-2(4,5)1(6)7/h2-5,7,10,14,17-18H,6,8-9,11-12H2,1H3,(H,21,23);2*(H,6,7)/t14-,17-,18+;;/m0../s1. The number of anilines is 1. The molecule has 2 aromatic rings. The van der Waals surface area contributed by atoms with E-state index in [4.69, 9.17) is 24.5 Å². The first-order chi connectivity index (χ1) is 18.1. The van der Waals surface area contributed by atoms with Crippen molar-refractivity contribution in [2.45, 2.75) is 50.9 Å². The van der Waals surface area contributed by atoms with Crippen LogP contribution in [0.2, 0.25) is 0 Å². The SMILES string of the molecule is Cc1ccc(CN2CC[C@H]3C[C@@H](C(=O)Nc4cccnc4)O[C@@H]3C2)s1.O=C(O)C(F)(F)F.O=C(O)C(F)(F)F. The summed E-state index contributed by atoms with van der Waals surface area (Å²) in [6.45, 7) is 5.13. The largest absolute Gasteiger partial charge is 0.490 e. The summed E-state index contributed by atoms with van der Waals surface area (Å²) in [5, 5.41) is 17.2. The Bertz CT molecular complexity index is 1090. The molecule has 9 nitrogen and oxygen atoms in total. The summed E-state index contributed by atoms with van der Waals surface area (Å²) in [6, 6.07) is 8.05. The van der Waals surface area contributed by atoms with Gasteiger partial charge < -0.3 is 20.3 Å². The van der Waals surface area contributed by atoms with Crippen LogP contribution in [0, 0.1) is 12.8 Å². The fraction of sp³-hybridized carbons (Fsp3) is 0.478. The number of ether oxygens (including phenoxy) is 1. The molecule has 2 fully saturated rings. The zero-order valence-corrected chi connectivity index (χ0v) is 21.1. The summed E-state index contributed by atoms with van der Waals surface area (Å²) >= 11 is 1.86. The van der Waals surface area contributed by atoms with Crippen LogP contribution in [-0.2, 0) is 25.7 Å². The van der Waals surface area contributed by atoms with E-state index in [1.165, 1.54) is 9.75 Å². The van der Waals surface area contributed by atoms with Crippen LogP contribution in [0.4, 0.5) is 32.0 Å². The fourth-order valence-corrected chi connectivity index (χ4v) is 4.69. The van der Waals surface area contributed by atoms with Crippen molar-refractivity contribution in [1.29, 1.82) is 0 Å². The third-order valence-electron chi connectivity index (χ3n) is 5.52. The number of nitrogens with one attached hydrogen (secondary N) is 1. The van der Waals surface area contributed by atoms with Gasteiger partial charge in [-0.2, -0.15) is 26.3 Å². The average molecular weight is 586 g/mol. The lowest BCUT2D eigenvalue weighted by Gasteiger charge is -2.33. The Morgan fingerprint density at radius 2 is 1.72 bits per heavy atom. The second-order valence-electron chi connectivity index (χ2n) is 8.53. The number of pyridine rings is 1. The zero-order chi connectivity index (χ0) is 29.4. The van der Waals surface area contributed by atoms with Crippen LogP contribution in [0.3, 0.4) is 0 Å². The molecule has 0 bridgehead atoms. The van der Waals surface area contributed by atoms with Gasteiger partial charge in [0.2, 0.25) is 0 Å². The van der Waals surface area contributed by atoms with Crippen molar-refractivity contribution in [2.75, 3.05) is 18.4 Å². The molecule has 16 heteroatoms. The predicted octanol–water partition coefficient (Wildman–Crippen LogP) is 4.34. The number of nitrogens with zero attached hydrogens (tertiary/aromatic N) is 2. The molecule has 2 aliphatic heterocycles. The lowest BCUT2D eigenvalue weighted by Crippen LogP contribution is -2.41. The van der Waals surface area contributed by atoms with Crippen LogP contribution in [0.25, 0.3) is 0 Å². The van der Waals surface area contributed by atoms with Gasteiger partial charge in [0.1, 0.15) is 6.10 Å². The highest BCUT2D eigenvalue weighted by molar-refractivity contribution is 7.11. The molecule has 1 amide bonds. The molecule has 0 spiro atoms. The molecule has 0 radical (unpaired) electrons. The highest BCUT2D eigenvalue weighted by Crippen LogP contribution is 2.34. The van der Waals surface area contributed by atoms with Gasteiger partial charge in [0.25, 0.3) is 5.91 Å². The third kappa shape index (κ3) is 10.8. The van der Waals surface area contributed by atoms with Crippen molar-refractivity contribution in [1.82, 2.24) is 9.88 Å². The molecular weight excluding hydrogens is 560 g/mol. The fourth-order valence-electron chi connectivity index (χ4n) is 3.76. The molecule has 3 N–H and O–H groups in total. The van der Waals surface area contributed by atoms with Crippen molar-refractivity contribution in [3.8, 4) is 0 Å². The molecule has 0 aliphatic carbocycles. The minimum Gasteiger partial charge on any atom is -0.475 e. The summed E-state index contributed by atoms with van der Waals surface area (Å²) in [7, 11) is 0. The number of hydrogen-bond acceptors (Lipinski definition) is 7. The number of carboxylic acids is 2. The molecule has 2 aromatic heterocycles. The van der Waals surface area contributed by atoms with Crippen molar-refractivity contribution in [3.05, 3.63) is 46.4 Å². The first-order valence-corrected chi connectivity index (χ1v) is 12.1. The first kappa shape index (κ1) is 32.0. The number of aliphatic carboxylic acids is 2. The maximum Gasteiger partial charge on any atom is 0.490 e. The van der Waals surface area contributed by atoms with E-state index in [0.29, 0.717) is 5.92 Å². The number of carboxylic acid groups (broad SMARTS) is 2. The monoisotopic (exact) mass is 585 g/mol. The Hall–Kier alpha value is -3.24. The van der Waals surface area contributed by atoms with E-state index in [1.807, 2.05) is 23.5 Å². The number of alkyl halides is 6. The maximum atomic E-state index is 12.5. The first-order valence-electron chi connectivity index (χ1n) is 11.3. The smallest absolute Gasteiger partial charge is 0.475 e. The van der Waals surface area contributed by atoms with Gasteiger partial charge in [0, 0.05) is 29.0 Å². The molecule has 0 unspecified atom stereocenters. The predicted molar refractivity (Wildman–Crippen MR) is 126 cm³/mol. The summed E-state index contributed by atoms with van der Waals surface area (Å²) in [5.74, 6) is -5.08. The Morgan fingerprint density at radius 3 is 2.21 bits per heavy atom. The second kappa shape index (κ2) is 13.7. The lowest BCUT2D eigenvalue weighted by atomic mass is 9.91. The van der Waals surface area contributed by atoms with E-state index < -0.39 is 24.3 Å². The maximum absolute atomic E-state index is 12.5. The Kier molecular flexibility index (Phi) is 11.2. The Balaban J connectivity index is 0.000000317. The van der Waals surface area contributed by atoms with E-state index in [1.54, 1.807) is 12.4 Å². The van der Waals surface area contributed by atoms with Gasteiger partial charge >= 0.3 is 24.3 Å². The molecule has 0 saturated carbocycles. The van der Waals surface area contributed by atoms with Gasteiger partial charge in [-0.15, -0.1) is 11.3 Å². The molecule has 39 heavy (non-hydrogen) atoms. The highest BCUT2D eigenvalue weighted by atomic mass is 32.1. The molecule has 2 saturated heterocycles. The highest BCUT2D eigenvalue weighted by Gasteiger charge is 2.42. The summed E-state index contributed by atoms with van der Waals surface area (Å²) in [5.41, 5.74) is 0.723. The van der Waals surface area contributed by atoms with E-state index in [9.17, 15) is 31.1 Å². The van der Waals surface area contributed by atoms with Crippen LogP contribution in [0.15, 0.2) is 36.7 Å². The number of hydrogen-bond donors (Lipinski definition) is 3. The normalized spacial score (nSPS) is 20.9. The minimum atomic E-state index is -5.08. The van der Waals surface area contributed by atoms with Crippen LogP contribution >= 0.6 is 11.3 Å². The number of likely N-dealkylation sites (tertiary alicyclic amines) is 1. The topological polar surface area (TPSA) is 129 Å². The van der Waals surface area contributed by atoms with Gasteiger partial charge in [-0.3, -0.25) is 14.7 Å². The van der Waals surface area contributed by atoms with Gasteiger partial charge in [0.15, 0.2) is 0 Å². The quantitative estimate of drug-likeness (QED) is 0.453. The van der Waals surface area contributed by atoms with Gasteiger partial charge in [-0.05, 0) is 56.5 Å². The van der Waals surface area contributed by atoms with Crippen molar-refractivity contribution < 1.29 is 55.7 Å². The number of aromatic nitrogens is 1. The van der Waals surface area contributed by atoms with E-state index in [2.05, 4.69) is 34.3 Å². The number of halogens is 6. The number of piperidine rings is 1. The Morgan fingerprint density at radius 1 is 1.10 bits per heavy atom. The van der Waals surface area contributed by atoms with Gasteiger partial charge in [-0.25, -0.2) is 9.59 Å².